The van der Waals surface area contributed by atoms with Gasteiger partial charge in [-0.05, 0) is 17.5 Å². The Balaban J connectivity index is 2.74. The number of nitrogens with one attached hydrogen (secondary N) is 1. The molecular weight excluding hydrogens is 264 g/mol. The SMILES string of the molecule is CC(C)(CCl)CNC(=O)c1cccc(Cl)c1F. The fraction of sp³-hybridized carbons (Fsp3) is 0.417. The summed E-state index contributed by atoms with van der Waals surface area (Å²) in [4.78, 5) is 11.7. The molecular formula is C12H14Cl2FNO. The van der Waals surface area contributed by atoms with E-state index in [2.05, 4.69) is 5.32 Å². The van der Waals surface area contributed by atoms with Crippen LogP contribution in [-0.2, 0) is 0 Å². The lowest BCUT2D eigenvalue weighted by molar-refractivity contribution is 0.0936. The fourth-order valence-corrected chi connectivity index (χ4v) is 1.41. The van der Waals surface area contributed by atoms with Crippen LogP contribution >= 0.6 is 23.2 Å². The number of alkyl halides is 1. The third kappa shape index (κ3) is 3.86. The van der Waals surface area contributed by atoms with Crippen LogP contribution in [0.4, 0.5) is 4.39 Å². The van der Waals surface area contributed by atoms with Gasteiger partial charge in [0.15, 0.2) is 5.82 Å². The van der Waals surface area contributed by atoms with Crippen LogP contribution in [0, 0.1) is 11.2 Å². The van der Waals surface area contributed by atoms with Crippen molar-refractivity contribution >= 4 is 29.1 Å². The summed E-state index contributed by atoms with van der Waals surface area (Å²) in [5, 5.41) is 2.58. The average Bonchev–Trinajstić information content (AvgIpc) is 2.30. The van der Waals surface area contributed by atoms with E-state index >= 15 is 0 Å². The first-order valence-electron chi connectivity index (χ1n) is 5.15. The first kappa shape index (κ1) is 14.3. The molecule has 94 valence electrons. The minimum Gasteiger partial charge on any atom is -0.351 e. The highest BCUT2D eigenvalue weighted by Crippen LogP contribution is 2.19. The van der Waals surface area contributed by atoms with Crippen LogP contribution in [0.3, 0.4) is 0 Å². The van der Waals surface area contributed by atoms with E-state index in [-0.39, 0.29) is 16.0 Å². The Bertz CT molecular complexity index is 421. The summed E-state index contributed by atoms with van der Waals surface area (Å²) in [6, 6.07) is 4.33. The quantitative estimate of drug-likeness (QED) is 0.839. The monoisotopic (exact) mass is 277 g/mol. The molecule has 2 nitrogen and oxygen atoms in total. The maximum atomic E-state index is 13.5. The van der Waals surface area contributed by atoms with Crippen molar-refractivity contribution in [3.05, 3.63) is 34.6 Å². The van der Waals surface area contributed by atoms with Gasteiger partial charge in [0.05, 0.1) is 10.6 Å². The highest BCUT2D eigenvalue weighted by atomic mass is 35.5. The van der Waals surface area contributed by atoms with Gasteiger partial charge < -0.3 is 5.32 Å². The molecule has 17 heavy (non-hydrogen) atoms. The van der Waals surface area contributed by atoms with Crippen molar-refractivity contribution in [1.29, 1.82) is 0 Å². The summed E-state index contributed by atoms with van der Waals surface area (Å²) < 4.78 is 13.5. The third-order valence-electron chi connectivity index (χ3n) is 2.29. The third-order valence-corrected chi connectivity index (χ3v) is 3.30. The van der Waals surface area contributed by atoms with Crippen molar-refractivity contribution in [3.8, 4) is 0 Å². The molecule has 0 saturated heterocycles. The van der Waals surface area contributed by atoms with Crippen molar-refractivity contribution in [3.63, 3.8) is 0 Å². The standard InChI is InChI=1S/C12H14Cl2FNO/c1-12(2,6-13)7-16-11(17)8-4-3-5-9(14)10(8)15/h3-5H,6-7H2,1-2H3,(H,16,17). The number of carbonyl (C=O) groups is 1. The summed E-state index contributed by atoms with van der Waals surface area (Å²) in [5.74, 6) is -0.774. The van der Waals surface area contributed by atoms with E-state index in [1.807, 2.05) is 13.8 Å². The van der Waals surface area contributed by atoms with E-state index in [0.29, 0.717) is 12.4 Å². The molecule has 0 aliphatic rings. The molecule has 0 radical (unpaired) electrons. The van der Waals surface area contributed by atoms with Gasteiger partial charge >= 0.3 is 0 Å². The predicted molar refractivity (Wildman–Crippen MR) is 68.2 cm³/mol. The Morgan fingerprint density at radius 1 is 1.47 bits per heavy atom. The Kier molecular flexibility index (Phi) is 4.78. The molecule has 0 aliphatic carbocycles. The van der Waals surface area contributed by atoms with E-state index in [0.717, 1.165) is 0 Å². The predicted octanol–water partition coefficient (Wildman–Crippen LogP) is 3.47. The number of hydrogen-bond acceptors (Lipinski definition) is 1. The number of carbonyl (C=O) groups excluding carboxylic acids is 1. The van der Waals surface area contributed by atoms with Gasteiger partial charge in [0.25, 0.3) is 5.91 Å². The van der Waals surface area contributed by atoms with Crippen molar-refractivity contribution in [2.75, 3.05) is 12.4 Å². The van der Waals surface area contributed by atoms with Gasteiger partial charge in [-0.15, -0.1) is 11.6 Å². The van der Waals surface area contributed by atoms with Crippen LogP contribution < -0.4 is 5.32 Å². The van der Waals surface area contributed by atoms with E-state index in [1.165, 1.54) is 18.2 Å². The largest absolute Gasteiger partial charge is 0.351 e. The molecule has 0 spiro atoms. The minimum atomic E-state index is -0.699. The lowest BCUT2D eigenvalue weighted by Crippen LogP contribution is -2.35. The molecule has 1 amide bonds. The van der Waals surface area contributed by atoms with Crippen molar-refractivity contribution in [1.82, 2.24) is 5.32 Å². The zero-order chi connectivity index (χ0) is 13.1. The molecule has 0 aromatic heterocycles. The smallest absolute Gasteiger partial charge is 0.254 e. The molecule has 1 rings (SSSR count). The molecule has 0 saturated carbocycles. The number of amides is 1. The summed E-state index contributed by atoms with van der Waals surface area (Å²) in [5.41, 5.74) is -0.283. The van der Waals surface area contributed by atoms with E-state index < -0.39 is 11.7 Å². The number of benzene rings is 1. The van der Waals surface area contributed by atoms with Gasteiger partial charge in [0.1, 0.15) is 0 Å². The first-order chi connectivity index (χ1) is 7.87. The Morgan fingerprint density at radius 3 is 2.71 bits per heavy atom. The Labute approximate surface area is 110 Å². The second-order valence-corrected chi connectivity index (χ2v) is 5.26. The van der Waals surface area contributed by atoms with Gasteiger partial charge in [-0.1, -0.05) is 31.5 Å². The number of hydrogen-bond donors (Lipinski definition) is 1. The van der Waals surface area contributed by atoms with E-state index in [4.69, 9.17) is 23.2 Å². The van der Waals surface area contributed by atoms with E-state index in [1.54, 1.807) is 0 Å². The second kappa shape index (κ2) is 5.69. The summed E-state index contributed by atoms with van der Waals surface area (Å²) in [6.45, 7) is 4.20. The summed E-state index contributed by atoms with van der Waals surface area (Å²) in [7, 11) is 0. The Hall–Kier alpha value is -0.800. The molecule has 5 heteroatoms. The van der Waals surface area contributed by atoms with Gasteiger partial charge in [-0.2, -0.15) is 0 Å². The lowest BCUT2D eigenvalue weighted by Gasteiger charge is -2.21. The molecule has 0 unspecified atom stereocenters. The van der Waals surface area contributed by atoms with Crippen molar-refractivity contribution in [2.24, 2.45) is 5.41 Å². The maximum absolute atomic E-state index is 13.5. The van der Waals surface area contributed by atoms with Crippen LogP contribution in [-0.4, -0.2) is 18.3 Å². The molecule has 0 atom stereocenters. The zero-order valence-electron chi connectivity index (χ0n) is 9.69. The van der Waals surface area contributed by atoms with E-state index in [9.17, 15) is 9.18 Å². The molecule has 0 bridgehead atoms. The first-order valence-corrected chi connectivity index (χ1v) is 6.07. The van der Waals surface area contributed by atoms with Crippen LogP contribution in [0.15, 0.2) is 18.2 Å². The molecule has 0 aliphatic heterocycles. The van der Waals surface area contributed by atoms with Crippen LogP contribution in [0.25, 0.3) is 0 Å². The molecule has 0 heterocycles. The highest BCUT2D eigenvalue weighted by molar-refractivity contribution is 6.31. The van der Waals surface area contributed by atoms with Gasteiger partial charge in [0, 0.05) is 12.4 Å². The molecule has 1 aromatic carbocycles. The van der Waals surface area contributed by atoms with Crippen molar-refractivity contribution < 1.29 is 9.18 Å². The lowest BCUT2D eigenvalue weighted by atomic mass is 9.96. The number of halogens is 3. The normalized spacial score (nSPS) is 11.4. The van der Waals surface area contributed by atoms with Crippen molar-refractivity contribution in [2.45, 2.75) is 13.8 Å². The van der Waals surface area contributed by atoms with Crippen LogP contribution in [0.1, 0.15) is 24.2 Å². The van der Waals surface area contributed by atoms with Gasteiger partial charge in [-0.3, -0.25) is 4.79 Å². The van der Waals surface area contributed by atoms with Crippen LogP contribution in [0.2, 0.25) is 5.02 Å². The van der Waals surface area contributed by atoms with Crippen LogP contribution in [0.5, 0.6) is 0 Å². The fourth-order valence-electron chi connectivity index (χ4n) is 1.14. The summed E-state index contributed by atoms with van der Waals surface area (Å²) in [6.07, 6.45) is 0. The molecule has 1 N–H and O–H groups in total. The highest BCUT2D eigenvalue weighted by Gasteiger charge is 2.19. The summed E-state index contributed by atoms with van der Waals surface area (Å²) >= 11 is 11.3. The molecule has 1 aromatic rings. The van der Waals surface area contributed by atoms with Gasteiger partial charge in [-0.25, -0.2) is 4.39 Å². The molecule has 0 fully saturated rings. The number of rotatable bonds is 4. The average molecular weight is 278 g/mol. The topological polar surface area (TPSA) is 29.1 Å². The minimum absolute atomic E-state index is 0.0529. The maximum Gasteiger partial charge on any atom is 0.254 e. The van der Waals surface area contributed by atoms with Gasteiger partial charge in [0.2, 0.25) is 0 Å². The Morgan fingerprint density at radius 2 is 2.12 bits per heavy atom. The second-order valence-electron chi connectivity index (χ2n) is 4.58. The zero-order valence-corrected chi connectivity index (χ0v) is 11.2.